The Hall–Kier alpha value is -1.91. The summed E-state index contributed by atoms with van der Waals surface area (Å²) >= 11 is 0.786. The smallest absolute Gasteiger partial charge is 0.270 e. The average Bonchev–Trinajstić information content (AvgIpc) is 2.86. The SMILES string of the molecule is CC(=O)Nc1nnc(S(=O)(=O)NCc2ccncc2)s1. The third-order valence-corrected chi connectivity index (χ3v) is 4.74. The first-order valence-electron chi connectivity index (χ1n) is 5.47. The molecule has 8 nitrogen and oxygen atoms in total. The molecule has 106 valence electrons. The summed E-state index contributed by atoms with van der Waals surface area (Å²) in [6, 6.07) is 3.40. The standard InChI is InChI=1S/C10H11N5O3S2/c1-7(16)13-9-14-15-10(19-9)20(17,18)12-6-8-2-4-11-5-3-8/h2-5,12H,6H2,1H3,(H,13,14,16). The Bertz CT molecular complexity index is 699. The van der Waals surface area contributed by atoms with E-state index in [2.05, 4.69) is 25.2 Å². The number of rotatable bonds is 5. The highest BCUT2D eigenvalue weighted by Crippen LogP contribution is 2.19. The van der Waals surface area contributed by atoms with Crippen LogP contribution < -0.4 is 10.0 Å². The van der Waals surface area contributed by atoms with Crippen LogP contribution in [0, 0.1) is 0 Å². The van der Waals surface area contributed by atoms with Crippen molar-refractivity contribution in [3.63, 3.8) is 0 Å². The molecule has 0 aliphatic heterocycles. The highest BCUT2D eigenvalue weighted by Gasteiger charge is 2.20. The lowest BCUT2D eigenvalue weighted by Gasteiger charge is -2.02. The molecule has 0 spiro atoms. The molecule has 0 aromatic carbocycles. The molecule has 0 atom stereocenters. The van der Waals surface area contributed by atoms with Gasteiger partial charge in [-0.1, -0.05) is 11.3 Å². The molecule has 2 aromatic heterocycles. The van der Waals surface area contributed by atoms with E-state index >= 15 is 0 Å². The number of pyridine rings is 1. The number of carbonyl (C=O) groups is 1. The quantitative estimate of drug-likeness (QED) is 0.771. The van der Waals surface area contributed by atoms with Crippen LogP contribution in [0.1, 0.15) is 12.5 Å². The van der Waals surface area contributed by atoms with E-state index in [4.69, 9.17) is 0 Å². The lowest BCUT2D eigenvalue weighted by Crippen LogP contribution is -2.23. The second-order valence-corrected chi connectivity index (χ2v) is 6.65. The minimum Gasteiger partial charge on any atom is -0.301 e. The van der Waals surface area contributed by atoms with Crippen LogP contribution in [-0.2, 0) is 21.4 Å². The molecular weight excluding hydrogens is 302 g/mol. The highest BCUT2D eigenvalue weighted by atomic mass is 32.2. The number of anilines is 1. The summed E-state index contributed by atoms with van der Waals surface area (Å²) in [5, 5.41) is 9.65. The van der Waals surface area contributed by atoms with Gasteiger partial charge in [-0.15, -0.1) is 10.2 Å². The van der Waals surface area contributed by atoms with Gasteiger partial charge in [0.25, 0.3) is 10.0 Å². The maximum absolute atomic E-state index is 12.0. The fourth-order valence-corrected chi connectivity index (χ4v) is 3.26. The molecule has 0 aliphatic carbocycles. The molecule has 20 heavy (non-hydrogen) atoms. The fourth-order valence-electron chi connectivity index (χ4n) is 1.26. The van der Waals surface area contributed by atoms with Crippen molar-refractivity contribution in [1.29, 1.82) is 0 Å². The molecule has 1 amide bonds. The number of hydrogen-bond acceptors (Lipinski definition) is 7. The molecule has 2 aromatic rings. The van der Waals surface area contributed by atoms with Crippen LogP contribution in [-0.4, -0.2) is 29.5 Å². The van der Waals surface area contributed by atoms with Gasteiger partial charge in [0.15, 0.2) is 0 Å². The van der Waals surface area contributed by atoms with E-state index in [0.29, 0.717) is 0 Å². The van der Waals surface area contributed by atoms with Crippen molar-refractivity contribution >= 4 is 32.4 Å². The number of hydrogen-bond donors (Lipinski definition) is 2. The number of aromatic nitrogens is 3. The van der Waals surface area contributed by atoms with Crippen molar-refractivity contribution in [2.24, 2.45) is 0 Å². The normalized spacial score (nSPS) is 11.2. The van der Waals surface area contributed by atoms with Gasteiger partial charge < -0.3 is 5.32 Å². The number of sulfonamides is 1. The van der Waals surface area contributed by atoms with Crippen molar-refractivity contribution in [2.45, 2.75) is 17.8 Å². The first-order valence-corrected chi connectivity index (χ1v) is 7.77. The van der Waals surface area contributed by atoms with E-state index in [-0.39, 0.29) is 21.9 Å². The third-order valence-electron chi connectivity index (χ3n) is 2.13. The van der Waals surface area contributed by atoms with Gasteiger partial charge >= 0.3 is 0 Å². The zero-order valence-electron chi connectivity index (χ0n) is 10.4. The lowest BCUT2D eigenvalue weighted by atomic mass is 10.3. The van der Waals surface area contributed by atoms with Gasteiger partial charge in [-0.2, -0.15) is 0 Å². The summed E-state index contributed by atoms with van der Waals surface area (Å²) in [5.41, 5.74) is 0.773. The summed E-state index contributed by atoms with van der Waals surface area (Å²) in [6.07, 6.45) is 3.15. The second kappa shape index (κ2) is 6.03. The number of nitrogens with zero attached hydrogens (tertiary/aromatic N) is 3. The van der Waals surface area contributed by atoms with Crippen molar-refractivity contribution in [3.8, 4) is 0 Å². The molecule has 0 aliphatic rings. The largest absolute Gasteiger partial charge is 0.301 e. The second-order valence-electron chi connectivity index (χ2n) is 3.73. The molecule has 0 saturated carbocycles. The van der Waals surface area contributed by atoms with E-state index in [1.54, 1.807) is 24.5 Å². The Morgan fingerprint density at radius 1 is 1.30 bits per heavy atom. The minimum atomic E-state index is -3.75. The maximum atomic E-state index is 12.0. The summed E-state index contributed by atoms with van der Waals surface area (Å²) in [6.45, 7) is 1.43. The summed E-state index contributed by atoms with van der Waals surface area (Å²) in [4.78, 5) is 14.7. The fraction of sp³-hybridized carbons (Fsp3) is 0.200. The van der Waals surface area contributed by atoms with Gasteiger partial charge in [-0.3, -0.25) is 9.78 Å². The molecule has 2 heterocycles. The van der Waals surface area contributed by atoms with E-state index < -0.39 is 10.0 Å². The Labute approximate surface area is 119 Å². The number of nitrogens with one attached hydrogen (secondary N) is 2. The van der Waals surface area contributed by atoms with Crippen molar-refractivity contribution < 1.29 is 13.2 Å². The highest BCUT2D eigenvalue weighted by molar-refractivity contribution is 7.91. The third kappa shape index (κ3) is 3.79. The van der Waals surface area contributed by atoms with E-state index in [1.807, 2.05) is 0 Å². The maximum Gasteiger partial charge on any atom is 0.270 e. The number of carbonyl (C=O) groups excluding carboxylic acids is 1. The van der Waals surface area contributed by atoms with Crippen molar-refractivity contribution in [2.75, 3.05) is 5.32 Å². The number of amides is 1. The van der Waals surface area contributed by atoms with Gasteiger partial charge in [0.2, 0.25) is 15.4 Å². The van der Waals surface area contributed by atoms with Crippen molar-refractivity contribution in [3.05, 3.63) is 30.1 Å². The van der Waals surface area contributed by atoms with Gasteiger partial charge in [-0.25, -0.2) is 13.1 Å². The van der Waals surface area contributed by atoms with E-state index in [9.17, 15) is 13.2 Å². The molecule has 0 unspecified atom stereocenters. The topological polar surface area (TPSA) is 114 Å². The zero-order valence-corrected chi connectivity index (χ0v) is 12.0. The van der Waals surface area contributed by atoms with Crippen LogP contribution in [0.3, 0.4) is 0 Å². The molecule has 2 rings (SSSR count). The average molecular weight is 313 g/mol. The van der Waals surface area contributed by atoms with Gasteiger partial charge in [0.05, 0.1) is 0 Å². The first kappa shape index (κ1) is 14.5. The minimum absolute atomic E-state index is 0.125. The van der Waals surface area contributed by atoms with E-state index in [1.165, 1.54) is 6.92 Å². The molecule has 0 bridgehead atoms. The van der Waals surface area contributed by atoms with Crippen LogP contribution in [0.2, 0.25) is 0 Å². The predicted octanol–water partition coefficient (Wildman–Crippen LogP) is 0.370. The molecule has 2 N–H and O–H groups in total. The van der Waals surface area contributed by atoms with Crippen LogP contribution in [0.4, 0.5) is 5.13 Å². The first-order chi connectivity index (χ1) is 9.47. The molecule has 0 radical (unpaired) electrons. The summed E-state index contributed by atoms with van der Waals surface area (Å²) in [7, 11) is -3.75. The van der Waals surface area contributed by atoms with Crippen LogP contribution in [0.5, 0.6) is 0 Å². The molecular formula is C10H11N5O3S2. The molecule has 0 saturated heterocycles. The van der Waals surface area contributed by atoms with Crippen molar-refractivity contribution in [1.82, 2.24) is 19.9 Å². The van der Waals surface area contributed by atoms with Crippen LogP contribution >= 0.6 is 11.3 Å². The van der Waals surface area contributed by atoms with Crippen LogP contribution in [0.25, 0.3) is 0 Å². The van der Waals surface area contributed by atoms with Crippen LogP contribution in [0.15, 0.2) is 28.9 Å². The Morgan fingerprint density at radius 2 is 2.00 bits per heavy atom. The molecule has 10 heteroatoms. The zero-order chi connectivity index (χ0) is 14.6. The van der Waals surface area contributed by atoms with Gasteiger partial charge in [0.1, 0.15) is 0 Å². The van der Waals surface area contributed by atoms with E-state index in [0.717, 1.165) is 16.9 Å². The Morgan fingerprint density at radius 3 is 2.65 bits per heavy atom. The Kier molecular flexibility index (Phi) is 4.37. The van der Waals surface area contributed by atoms with Gasteiger partial charge in [-0.05, 0) is 17.7 Å². The molecule has 0 fully saturated rings. The monoisotopic (exact) mass is 313 g/mol. The lowest BCUT2D eigenvalue weighted by molar-refractivity contribution is -0.114. The predicted molar refractivity (Wildman–Crippen MR) is 72.5 cm³/mol. The Balaban J connectivity index is 2.06. The van der Waals surface area contributed by atoms with Gasteiger partial charge in [0, 0.05) is 25.9 Å². The summed E-state index contributed by atoms with van der Waals surface area (Å²) < 4.78 is 26.1. The summed E-state index contributed by atoms with van der Waals surface area (Å²) in [5.74, 6) is -0.338.